The maximum atomic E-state index is 14.0. The summed E-state index contributed by atoms with van der Waals surface area (Å²) in [7, 11) is 0. The van der Waals surface area contributed by atoms with Crippen molar-refractivity contribution in [2.75, 3.05) is 0 Å². The van der Waals surface area contributed by atoms with E-state index in [9.17, 15) is 4.79 Å². The number of aromatic nitrogens is 2. The van der Waals surface area contributed by atoms with Gasteiger partial charge in [-0.15, -0.1) is 0 Å². The third kappa shape index (κ3) is 4.50. The quantitative estimate of drug-likeness (QED) is 0.385. The van der Waals surface area contributed by atoms with E-state index in [0.29, 0.717) is 18.6 Å². The topological polar surface area (TPSA) is 38.1 Å². The van der Waals surface area contributed by atoms with Crippen LogP contribution in [0.1, 0.15) is 64.2 Å². The SMILES string of the molecule is O=C(Cn1c(-c2cccc(Br)c2)nc2ccccc21)N(C1CCCCC1)C1CCCCC1. The molecule has 1 aromatic heterocycles. The molecule has 2 aliphatic carbocycles. The van der Waals surface area contributed by atoms with Crippen molar-refractivity contribution >= 4 is 32.9 Å². The van der Waals surface area contributed by atoms with E-state index in [0.717, 1.165) is 52.6 Å². The highest BCUT2D eigenvalue weighted by atomic mass is 79.9. The van der Waals surface area contributed by atoms with Crippen molar-refractivity contribution in [3.8, 4) is 11.4 Å². The predicted molar refractivity (Wildman–Crippen MR) is 133 cm³/mol. The van der Waals surface area contributed by atoms with Crippen LogP contribution in [0.15, 0.2) is 53.0 Å². The van der Waals surface area contributed by atoms with Gasteiger partial charge in [-0.3, -0.25) is 4.79 Å². The molecule has 2 saturated carbocycles. The number of carbonyl (C=O) groups excluding carboxylic acids is 1. The van der Waals surface area contributed by atoms with Crippen molar-refractivity contribution in [2.45, 2.75) is 82.8 Å². The molecule has 0 unspecified atom stereocenters. The molecule has 2 aromatic carbocycles. The van der Waals surface area contributed by atoms with Crippen LogP contribution in [0, 0.1) is 0 Å². The van der Waals surface area contributed by atoms with Crippen molar-refractivity contribution < 1.29 is 4.79 Å². The van der Waals surface area contributed by atoms with Gasteiger partial charge in [-0.05, 0) is 49.9 Å². The Bertz CT molecular complexity index is 1060. The van der Waals surface area contributed by atoms with Crippen LogP contribution in [-0.2, 0) is 11.3 Å². The first-order chi connectivity index (χ1) is 15.7. The molecule has 2 fully saturated rings. The van der Waals surface area contributed by atoms with Gasteiger partial charge in [0.25, 0.3) is 0 Å². The Kier molecular flexibility index (Phi) is 6.63. The van der Waals surface area contributed by atoms with Crippen LogP contribution in [0.2, 0.25) is 0 Å². The maximum absolute atomic E-state index is 14.0. The second-order valence-electron chi connectivity index (χ2n) is 9.41. The molecule has 0 N–H and O–H groups in total. The Balaban J connectivity index is 1.51. The fourth-order valence-electron chi connectivity index (χ4n) is 5.72. The number of amides is 1. The molecule has 0 spiro atoms. The molecule has 5 rings (SSSR count). The van der Waals surface area contributed by atoms with Gasteiger partial charge >= 0.3 is 0 Å². The van der Waals surface area contributed by atoms with Crippen molar-refractivity contribution in [1.29, 1.82) is 0 Å². The molecule has 3 aromatic rings. The van der Waals surface area contributed by atoms with Crippen LogP contribution < -0.4 is 0 Å². The minimum atomic E-state index is 0.267. The van der Waals surface area contributed by atoms with E-state index in [1.165, 1.54) is 38.5 Å². The molecule has 5 heteroatoms. The number of benzene rings is 2. The highest BCUT2D eigenvalue weighted by molar-refractivity contribution is 9.10. The number of carbonyl (C=O) groups is 1. The zero-order valence-electron chi connectivity index (χ0n) is 18.7. The average molecular weight is 494 g/mol. The normalized spacial score (nSPS) is 18.2. The number of nitrogens with zero attached hydrogens (tertiary/aromatic N) is 3. The van der Waals surface area contributed by atoms with Crippen LogP contribution >= 0.6 is 15.9 Å². The number of imidazole rings is 1. The number of fused-ring (bicyclic) bond motifs is 1. The van der Waals surface area contributed by atoms with E-state index in [1.807, 2.05) is 30.3 Å². The van der Waals surface area contributed by atoms with Crippen LogP contribution in [0.25, 0.3) is 22.4 Å². The fraction of sp³-hybridized carbons (Fsp3) is 0.481. The van der Waals surface area contributed by atoms with E-state index in [4.69, 9.17) is 4.98 Å². The molecule has 0 radical (unpaired) electrons. The Morgan fingerprint density at radius 2 is 1.56 bits per heavy atom. The molecule has 0 saturated heterocycles. The summed E-state index contributed by atoms with van der Waals surface area (Å²) >= 11 is 3.59. The van der Waals surface area contributed by atoms with Crippen LogP contribution in [0.5, 0.6) is 0 Å². The number of hydrogen-bond acceptors (Lipinski definition) is 2. The maximum Gasteiger partial charge on any atom is 0.243 e. The largest absolute Gasteiger partial charge is 0.335 e. The molecular formula is C27H32BrN3O. The van der Waals surface area contributed by atoms with Gasteiger partial charge in [-0.25, -0.2) is 4.98 Å². The number of halogens is 1. The summed E-state index contributed by atoms with van der Waals surface area (Å²) in [6.45, 7) is 0.357. The minimum absolute atomic E-state index is 0.267. The smallest absolute Gasteiger partial charge is 0.243 e. The van der Waals surface area contributed by atoms with Gasteiger partial charge in [0.1, 0.15) is 12.4 Å². The lowest BCUT2D eigenvalue weighted by Crippen LogP contribution is -2.50. The van der Waals surface area contributed by atoms with Gasteiger partial charge in [-0.2, -0.15) is 0 Å². The zero-order chi connectivity index (χ0) is 21.9. The first-order valence-corrected chi connectivity index (χ1v) is 13.0. The van der Waals surface area contributed by atoms with E-state index in [2.05, 4.69) is 43.6 Å². The molecule has 0 atom stereocenters. The number of para-hydroxylation sites is 2. The Morgan fingerprint density at radius 3 is 2.22 bits per heavy atom. The summed E-state index contributed by atoms with van der Waals surface area (Å²) in [6.07, 6.45) is 12.2. The summed E-state index contributed by atoms with van der Waals surface area (Å²) in [4.78, 5) is 21.2. The third-order valence-corrected chi connectivity index (χ3v) is 7.75. The van der Waals surface area contributed by atoms with Gasteiger partial charge in [0, 0.05) is 22.1 Å². The number of rotatable bonds is 5. The molecule has 1 amide bonds. The van der Waals surface area contributed by atoms with Crippen LogP contribution in [0.3, 0.4) is 0 Å². The number of hydrogen-bond donors (Lipinski definition) is 0. The fourth-order valence-corrected chi connectivity index (χ4v) is 6.12. The van der Waals surface area contributed by atoms with Crippen molar-refractivity contribution in [1.82, 2.24) is 14.5 Å². The van der Waals surface area contributed by atoms with Crippen LogP contribution in [0.4, 0.5) is 0 Å². The summed E-state index contributed by atoms with van der Waals surface area (Å²) in [5.41, 5.74) is 3.01. The van der Waals surface area contributed by atoms with Gasteiger partial charge in [-0.1, -0.05) is 78.7 Å². The molecule has 168 valence electrons. The molecule has 2 aliphatic rings. The van der Waals surface area contributed by atoms with Crippen molar-refractivity contribution in [2.24, 2.45) is 0 Å². The second-order valence-corrected chi connectivity index (χ2v) is 10.3. The summed E-state index contributed by atoms with van der Waals surface area (Å²) < 4.78 is 3.16. The van der Waals surface area contributed by atoms with E-state index >= 15 is 0 Å². The molecular weight excluding hydrogens is 462 g/mol. The molecule has 0 aliphatic heterocycles. The molecule has 0 bridgehead atoms. The highest BCUT2D eigenvalue weighted by Crippen LogP contribution is 2.32. The zero-order valence-corrected chi connectivity index (χ0v) is 20.3. The van der Waals surface area contributed by atoms with E-state index in [-0.39, 0.29) is 5.91 Å². The highest BCUT2D eigenvalue weighted by Gasteiger charge is 2.33. The molecule has 32 heavy (non-hydrogen) atoms. The Morgan fingerprint density at radius 1 is 0.906 bits per heavy atom. The van der Waals surface area contributed by atoms with E-state index in [1.54, 1.807) is 0 Å². The predicted octanol–water partition coefficient (Wildman–Crippen LogP) is 6.96. The average Bonchev–Trinajstić information content (AvgIpc) is 3.19. The summed E-state index contributed by atoms with van der Waals surface area (Å²) in [5, 5.41) is 0. The van der Waals surface area contributed by atoms with Crippen molar-refractivity contribution in [3.63, 3.8) is 0 Å². The van der Waals surface area contributed by atoms with E-state index < -0.39 is 0 Å². The monoisotopic (exact) mass is 493 g/mol. The third-order valence-electron chi connectivity index (χ3n) is 7.25. The van der Waals surface area contributed by atoms with Crippen LogP contribution in [-0.4, -0.2) is 32.4 Å². The summed E-state index contributed by atoms with van der Waals surface area (Å²) in [5.74, 6) is 1.14. The minimum Gasteiger partial charge on any atom is -0.335 e. The molecule has 4 nitrogen and oxygen atoms in total. The lowest BCUT2D eigenvalue weighted by atomic mass is 9.88. The first kappa shape index (κ1) is 21.7. The van der Waals surface area contributed by atoms with Gasteiger partial charge in [0.15, 0.2) is 0 Å². The standard InChI is InChI=1S/C27H32BrN3O/c28-21-11-9-10-20(18-21)27-29-24-16-7-8-17-25(24)30(27)19-26(32)31(22-12-3-1-4-13-22)23-14-5-2-6-15-23/h7-11,16-18,22-23H,1-6,12-15,19H2. The summed E-state index contributed by atoms with van der Waals surface area (Å²) in [6, 6.07) is 17.2. The van der Waals surface area contributed by atoms with Crippen molar-refractivity contribution in [3.05, 3.63) is 53.0 Å². The van der Waals surface area contributed by atoms with Gasteiger partial charge < -0.3 is 9.47 Å². The molecule has 1 heterocycles. The Labute approximate surface area is 199 Å². The first-order valence-electron chi connectivity index (χ1n) is 12.2. The van der Waals surface area contributed by atoms with Gasteiger partial charge in [0.05, 0.1) is 11.0 Å². The Hall–Kier alpha value is -2.14. The lowest BCUT2D eigenvalue weighted by molar-refractivity contribution is -0.138. The second kappa shape index (κ2) is 9.78. The van der Waals surface area contributed by atoms with Gasteiger partial charge in [0.2, 0.25) is 5.91 Å². The lowest BCUT2D eigenvalue weighted by Gasteiger charge is -2.42.